The second kappa shape index (κ2) is 8.65. The molecular weight excluding hydrogens is 425 g/mol. The molecule has 0 spiro atoms. The molecule has 4 aromatic rings. The van der Waals surface area contributed by atoms with Gasteiger partial charge in [-0.05, 0) is 37.5 Å². The highest BCUT2D eigenvalue weighted by Gasteiger charge is 2.30. The number of rotatable bonds is 5. The van der Waals surface area contributed by atoms with Crippen LogP contribution in [0.1, 0.15) is 52.2 Å². The van der Waals surface area contributed by atoms with Crippen LogP contribution in [0.2, 0.25) is 0 Å². The number of carbonyl (C=O) groups excluding carboxylic acids is 1. The van der Waals surface area contributed by atoms with Crippen molar-refractivity contribution >= 4 is 5.91 Å². The number of aromatic nitrogens is 4. The van der Waals surface area contributed by atoms with Crippen molar-refractivity contribution < 1.29 is 18.1 Å². The van der Waals surface area contributed by atoms with E-state index in [0.29, 0.717) is 36.9 Å². The molecule has 4 heterocycles. The van der Waals surface area contributed by atoms with Gasteiger partial charge in [-0.3, -0.25) is 9.48 Å². The van der Waals surface area contributed by atoms with Crippen molar-refractivity contribution in [2.24, 2.45) is 7.05 Å². The molecule has 0 bridgehead atoms. The number of halogens is 1. The number of carbonyl (C=O) groups is 1. The van der Waals surface area contributed by atoms with E-state index >= 15 is 0 Å². The van der Waals surface area contributed by atoms with E-state index < -0.39 is 0 Å². The summed E-state index contributed by atoms with van der Waals surface area (Å²) in [4.78, 5) is 19.3. The third kappa shape index (κ3) is 4.44. The second-order valence-electron chi connectivity index (χ2n) is 8.44. The van der Waals surface area contributed by atoms with Crippen molar-refractivity contribution in [1.82, 2.24) is 24.8 Å². The first-order chi connectivity index (χ1) is 16.0. The summed E-state index contributed by atoms with van der Waals surface area (Å²) in [6, 6.07) is 8.00. The van der Waals surface area contributed by atoms with E-state index in [-0.39, 0.29) is 23.4 Å². The maximum absolute atomic E-state index is 13.1. The third-order valence-electron chi connectivity index (χ3n) is 5.93. The van der Waals surface area contributed by atoms with Gasteiger partial charge in [0, 0.05) is 44.4 Å². The average molecular weight is 449 g/mol. The number of benzene rings is 1. The minimum atomic E-state index is -0.265. The predicted octanol–water partition coefficient (Wildman–Crippen LogP) is 4.12. The number of amides is 1. The van der Waals surface area contributed by atoms with Gasteiger partial charge < -0.3 is 13.8 Å². The van der Waals surface area contributed by atoms with E-state index in [0.717, 1.165) is 29.7 Å². The molecule has 1 aliphatic rings. The van der Waals surface area contributed by atoms with Gasteiger partial charge in [-0.1, -0.05) is 17.3 Å². The van der Waals surface area contributed by atoms with Crippen LogP contribution in [0.3, 0.4) is 0 Å². The van der Waals surface area contributed by atoms with E-state index in [1.807, 2.05) is 20.2 Å². The first-order valence-corrected chi connectivity index (χ1v) is 10.9. The van der Waals surface area contributed by atoms with Crippen LogP contribution in [-0.4, -0.2) is 43.8 Å². The highest BCUT2D eigenvalue weighted by atomic mass is 19.1. The number of hydrogen-bond donors (Lipinski definition) is 0. The van der Waals surface area contributed by atoms with Crippen molar-refractivity contribution in [1.29, 1.82) is 0 Å². The SMILES string of the molecule is Cc1nn(C)cc1-c1cc(C(=O)N2CCC[C@@H](c3ncc(Cc4ccc(F)cc4)o3)C2)on1. The maximum atomic E-state index is 13.1. The van der Waals surface area contributed by atoms with Crippen molar-refractivity contribution in [3.63, 3.8) is 0 Å². The van der Waals surface area contributed by atoms with E-state index in [1.54, 1.807) is 34.0 Å². The van der Waals surface area contributed by atoms with Crippen LogP contribution in [0.15, 0.2) is 51.7 Å². The van der Waals surface area contributed by atoms with Gasteiger partial charge in [-0.15, -0.1) is 0 Å². The van der Waals surface area contributed by atoms with Gasteiger partial charge in [0.1, 0.15) is 17.3 Å². The number of piperidine rings is 1. The van der Waals surface area contributed by atoms with Crippen molar-refractivity contribution in [3.05, 3.63) is 77.2 Å². The molecule has 1 saturated heterocycles. The quantitative estimate of drug-likeness (QED) is 0.455. The summed E-state index contributed by atoms with van der Waals surface area (Å²) in [5.41, 5.74) is 3.20. The minimum absolute atomic E-state index is 0.00706. The van der Waals surface area contributed by atoms with E-state index in [4.69, 9.17) is 8.94 Å². The number of hydrogen-bond acceptors (Lipinski definition) is 6. The number of aryl methyl sites for hydroxylation is 2. The molecule has 33 heavy (non-hydrogen) atoms. The molecule has 8 nitrogen and oxygen atoms in total. The Bertz CT molecular complexity index is 1270. The lowest BCUT2D eigenvalue weighted by Gasteiger charge is -2.30. The fraction of sp³-hybridized carbons (Fsp3) is 0.333. The number of likely N-dealkylation sites (tertiary alicyclic amines) is 1. The molecule has 9 heteroatoms. The fourth-order valence-corrected chi connectivity index (χ4v) is 4.27. The number of oxazole rings is 1. The summed E-state index contributed by atoms with van der Waals surface area (Å²) in [7, 11) is 1.84. The van der Waals surface area contributed by atoms with Crippen LogP contribution in [0.4, 0.5) is 4.39 Å². The Balaban J connectivity index is 1.26. The monoisotopic (exact) mass is 449 g/mol. The molecule has 0 aliphatic carbocycles. The maximum Gasteiger partial charge on any atom is 0.292 e. The second-order valence-corrected chi connectivity index (χ2v) is 8.44. The zero-order chi connectivity index (χ0) is 22.9. The molecule has 0 saturated carbocycles. The van der Waals surface area contributed by atoms with Crippen LogP contribution >= 0.6 is 0 Å². The molecular formula is C24H24FN5O3. The Kier molecular flexibility index (Phi) is 5.53. The summed E-state index contributed by atoms with van der Waals surface area (Å²) in [5, 5.41) is 8.38. The Morgan fingerprint density at radius 2 is 2.09 bits per heavy atom. The smallest absolute Gasteiger partial charge is 0.292 e. The van der Waals surface area contributed by atoms with Gasteiger partial charge in [0.05, 0.1) is 17.8 Å². The lowest BCUT2D eigenvalue weighted by molar-refractivity contribution is 0.0656. The molecule has 1 amide bonds. The Morgan fingerprint density at radius 1 is 1.27 bits per heavy atom. The lowest BCUT2D eigenvalue weighted by atomic mass is 9.98. The summed E-state index contributed by atoms with van der Waals surface area (Å²) in [6.07, 6.45) is 5.83. The fourth-order valence-electron chi connectivity index (χ4n) is 4.27. The molecule has 170 valence electrons. The minimum Gasteiger partial charge on any atom is -0.445 e. The van der Waals surface area contributed by atoms with Crippen LogP contribution in [0.5, 0.6) is 0 Å². The standard InChI is InChI=1S/C24H24FN5O3/c1-15-20(14-29(2)27-15)21-11-22(33-28-21)24(31)30-9-3-4-17(13-30)23-26-12-19(32-23)10-16-5-7-18(25)8-6-16/h5-8,11-12,14,17H,3-4,9-10,13H2,1-2H3/t17-/m1/s1. The van der Waals surface area contributed by atoms with Crippen LogP contribution in [0.25, 0.3) is 11.3 Å². The Morgan fingerprint density at radius 3 is 2.85 bits per heavy atom. The lowest BCUT2D eigenvalue weighted by Crippen LogP contribution is -2.39. The first kappa shape index (κ1) is 21.1. The Hall–Kier alpha value is -3.75. The molecule has 1 atom stereocenters. The van der Waals surface area contributed by atoms with Crippen LogP contribution < -0.4 is 0 Å². The van der Waals surface area contributed by atoms with Gasteiger partial charge in [-0.25, -0.2) is 9.37 Å². The molecule has 1 fully saturated rings. The van der Waals surface area contributed by atoms with Crippen molar-refractivity contribution in [2.45, 2.75) is 32.1 Å². The predicted molar refractivity (Wildman–Crippen MR) is 117 cm³/mol. The molecule has 1 aliphatic heterocycles. The van der Waals surface area contributed by atoms with E-state index in [2.05, 4.69) is 15.2 Å². The topological polar surface area (TPSA) is 90.2 Å². The largest absolute Gasteiger partial charge is 0.445 e. The normalized spacial score (nSPS) is 16.3. The molecule has 0 unspecified atom stereocenters. The van der Waals surface area contributed by atoms with Gasteiger partial charge in [0.25, 0.3) is 5.91 Å². The van der Waals surface area contributed by atoms with Crippen LogP contribution in [0, 0.1) is 12.7 Å². The molecule has 0 radical (unpaired) electrons. The van der Waals surface area contributed by atoms with Gasteiger partial charge in [-0.2, -0.15) is 5.10 Å². The zero-order valence-electron chi connectivity index (χ0n) is 18.5. The van der Waals surface area contributed by atoms with E-state index in [1.165, 1.54) is 12.1 Å². The highest BCUT2D eigenvalue weighted by Crippen LogP contribution is 2.29. The Labute approximate surface area is 190 Å². The van der Waals surface area contributed by atoms with E-state index in [9.17, 15) is 9.18 Å². The third-order valence-corrected chi connectivity index (χ3v) is 5.93. The summed E-state index contributed by atoms with van der Waals surface area (Å²) in [5.74, 6) is 1.09. The molecule has 3 aromatic heterocycles. The van der Waals surface area contributed by atoms with Gasteiger partial charge >= 0.3 is 0 Å². The van der Waals surface area contributed by atoms with Gasteiger partial charge in [0.2, 0.25) is 5.76 Å². The summed E-state index contributed by atoms with van der Waals surface area (Å²) >= 11 is 0. The first-order valence-electron chi connectivity index (χ1n) is 10.9. The average Bonchev–Trinajstić information content (AvgIpc) is 3.55. The summed E-state index contributed by atoms with van der Waals surface area (Å²) in [6.45, 7) is 3.03. The van der Waals surface area contributed by atoms with Gasteiger partial charge in [0.15, 0.2) is 5.89 Å². The molecule has 1 aromatic carbocycles. The molecule has 5 rings (SSSR count). The van der Waals surface area contributed by atoms with Crippen molar-refractivity contribution in [3.8, 4) is 11.3 Å². The number of nitrogens with zero attached hydrogens (tertiary/aromatic N) is 5. The van der Waals surface area contributed by atoms with Crippen LogP contribution in [-0.2, 0) is 13.5 Å². The summed E-state index contributed by atoms with van der Waals surface area (Å²) < 4.78 is 26.2. The zero-order valence-corrected chi connectivity index (χ0v) is 18.5. The molecule has 0 N–H and O–H groups in total. The van der Waals surface area contributed by atoms with Crippen molar-refractivity contribution in [2.75, 3.05) is 13.1 Å². The highest BCUT2D eigenvalue weighted by molar-refractivity contribution is 5.92.